The fourth-order valence-corrected chi connectivity index (χ4v) is 2.68. The van der Waals surface area contributed by atoms with Gasteiger partial charge in [0.2, 0.25) is 0 Å². The molecule has 2 atom stereocenters. The fourth-order valence-electron chi connectivity index (χ4n) is 2.68. The predicted octanol–water partition coefficient (Wildman–Crippen LogP) is 2.85. The maximum atomic E-state index is 3.59. The molecule has 0 aliphatic carbocycles. The SMILES string of the molecule is C[C@@H]1CN[C@H](c2ccc3c(ccn3C)c2)C1. The van der Waals surface area contributed by atoms with Gasteiger partial charge in [0, 0.05) is 24.8 Å². The molecular formula is C14H18N2. The Morgan fingerprint density at radius 1 is 1.31 bits per heavy atom. The van der Waals surface area contributed by atoms with Gasteiger partial charge in [-0.25, -0.2) is 0 Å². The zero-order valence-electron chi connectivity index (χ0n) is 9.90. The van der Waals surface area contributed by atoms with Crippen LogP contribution in [0, 0.1) is 5.92 Å². The average molecular weight is 214 g/mol. The van der Waals surface area contributed by atoms with E-state index in [-0.39, 0.29) is 0 Å². The Bertz CT molecular complexity index is 512. The summed E-state index contributed by atoms with van der Waals surface area (Å²) in [6.45, 7) is 3.46. The Hall–Kier alpha value is -1.28. The summed E-state index contributed by atoms with van der Waals surface area (Å²) >= 11 is 0. The smallest absolute Gasteiger partial charge is 0.0477 e. The van der Waals surface area contributed by atoms with Gasteiger partial charge < -0.3 is 9.88 Å². The minimum Gasteiger partial charge on any atom is -0.351 e. The van der Waals surface area contributed by atoms with Crippen molar-refractivity contribution in [3.8, 4) is 0 Å². The Morgan fingerprint density at radius 2 is 2.19 bits per heavy atom. The van der Waals surface area contributed by atoms with E-state index < -0.39 is 0 Å². The minimum atomic E-state index is 0.555. The molecule has 0 amide bonds. The molecule has 1 saturated heterocycles. The number of aromatic nitrogens is 1. The zero-order chi connectivity index (χ0) is 11.1. The quantitative estimate of drug-likeness (QED) is 0.772. The lowest BCUT2D eigenvalue weighted by Gasteiger charge is -2.11. The molecule has 2 aromatic rings. The van der Waals surface area contributed by atoms with Crippen LogP contribution in [-0.2, 0) is 7.05 Å². The van der Waals surface area contributed by atoms with E-state index in [1.165, 1.54) is 22.9 Å². The molecule has 0 spiro atoms. The van der Waals surface area contributed by atoms with Crippen LogP contribution in [0.3, 0.4) is 0 Å². The summed E-state index contributed by atoms with van der Waals surface area (Å²) in [6, 6.07) is 9.56. The Kier molecular flexibility index (Phi) is 2.25. The summed E-state index contributed by atoms with van der Waals surface area (Å²) in [5, 5.41) is 4.94. The van der Waals surface area contributed by atoms with Gasteiger partial charge in [-0.2, -0.15) is 0 Å². The van der Waals surface area contributed by atoms with Gasteiger partial charge in [-0.05, 0) is 48.0 Å². The van der Waals surface area contributed by atoms with Crippen LogP contribution in [-0.4, -0.2) is 11.1 Å². The van der Waals surface area contributed by atoms with E-state index >= 15 is 0 Å². The van der Waals surface area contributed by atoms with Crippen molar-refractivity contribution in [2.75, 3.05) is 6.54 Å². The number of fused-ring (bicyclic) bond motifs is 1. The van der Waals surface area contributed by atoms with Crippen LogP contribution in [0.15, 0.2) is 30.5 Å². The molecule has 1 fully saturated rings. The van der Waals surface area contributed by atoms with Crippen LogP contribution in [0.1, 0.15) is 24.9 Å². The summed E-state index contributed by atoms with van der Waals surface area (Å²) in [5.74, 6) is 0.802. The highest BCUT2D eigenvalue weighted by atomic mass is 14.9. The minimum absolute atomic E-state index is 0.555. The van der Waals surface area contributed by atoms with E-state index in [0.29, 0.717) is 6.04 Å². The second-order valence-corrected chi connectivity index (χ2v) is 5.05. The fraction of sp³-hybridized carbons (Fsp3) is 0.429. The van der Waals surface area contributed by atoms with Crippen molar-refractivity contribution >= 4 is 10.9 Å². The molecule has 0 saturated carbocycles. The van der Waals surface area contributed by atoms with Crippen molar-refractivity contribution < 1.29 is 0 Å². The van der Waals surface area contributed by atoms with Gasteiger partial charge in [-0.3, -0.25) is 0 Å². The number of rotatable bonds is 1. The monoisotopic (exact) mass is 214 g/mol. The summed E-state index contributed by atoms with van der Waals surface area (Å²) < 4.78 is 2.17. The average Bonchev–Trinajstić information content (AvgIpc) is 2.86. The first-order valence-corrected chi connectivity index (χ1v) is 6.02. The summed E-state index contributed by atoms with van der Waals surface area (Å²) in [7, 11) is 2.10. The van der Waals surface area contributed by atoms with Crippen molar-refractivity contribution in [1.29, 1.82) is 0 Å². The highest BCUT2D eigenvalue weighted by Crippen LogP contribution is 2.29. The number of nitrogens with zero attached hydrogens (tertiary/aromatic N) is 1. The Balaban J connectivity index is 1.99. The first-order chi connectivity index (χ1) is 7.74. The van der Waals surface area contributed by atoms with Crippen molar-refractivity contribution in [2.45, 2.75) is 19.4 Å². The summed E-state index contributed by atoms with van der Waals surface area (Å²) in [6.07, 6.45) is 3.39. The van der Waals surface area contributed by atoms with Gasteiger partial charge in [-0.1, -0.05) is 13.0 Å². The third-order valence-electron chi connectivity index (χ3n) is 3.66. The van der Waals surface area contributed by atoms with Crippen LogP contribution in [0.2, 0.25) is 0 Å². The molecule has 2 heterocycles. The Morgan fingerprint density at radius 3 is 2.94 bits per heavy atom. The van der Waals surface area contributed by atoms with Crippen molar-refractivity contribution in [2.24, 2.45) is 13.0 Å². The molecule has 0 unspecified atom stereocenters. The third-order valence-corrected chi connectivity index (χ3v) is 3.66. The molecule has 84 valence electrons. The molecule has 1 aliphatic rings. The molecule has 2 nitrogen and oxygen atoms in total. The second kappa shape index (κ2) is 3.63. The van der Waals surface area contributed by atoms with Crippen LogP contribution in [0.5, 0.6) is 0 Å². The molecule has 1 aliphatic heterocycles. The lowest BCUT2D eigenvalue weighted by atomic mass is 10.0. The van der Waals surface area contributed by atoms with Crippen molar-refractivity contribution in [3.05, 3.63) is 36.0 Å². The third kappa shape index (κ3) is 1.54. The lowest BCUT2D eigenvalue weighted by molar-refractivity contribution is 0.612. The number of hydrogen-bond donors (Lipinski definition) is 1. The van der Waals surface area contributed by atoms with E-state index in [1.54, 1.807) is 0 Å². The number of nitrogens with one attached hydrogen (secondary N) is 1. The molecule has 2 heteroatoms. The molecule has 0 bridgehead atoms. The van der Waals surface area contributed by atoms with E-state index in [9.17, 15) is 0 Å². The number of hydrogen-bond acceptors (Lipinski definition) is 1. The van der Waals surface area contributed by atoms with Gasteiger partial charge in [0.05, 0.1) is 0 Å². The van der Waals surface area contributed by atoms with Crippen molar-refractivity contribution in [3.63, 3.8) is 0 Å². The molecule has 1 aromatic heterocycles. The molecule has 0 radical (unpaired) electrons. The normalized spacial score (nSPS) is 25.4. The molecular weight excluding hydrogens is 196 g/mol. The van der Waals surface area contributed by atoms with Crippen LogP contribution in [0.25, 0.3) is 10.9 Å². The first-order valence-electron chi connectivity index (χ1n) is 6.02. The highest BCUT2D eigenvalue weighted by molar-refractivity contribution is 5.80. The van der Waals surface area contributed by atoms with E-state index in [4.69, 9.17) is 0 Å². The van der Waals surface area contributed by atoms with Gasteiger partial charge in [-0.15, -0.1) is 0 Å². The van der Waals surface area contributed by atoms with Gasteiger partial charge in [0.25, 0.3) is 0 Å². The lowest BCUT2D eigenvalue weighted by Crippen LogP contribution is -2.13. The van der Waals surface area contributed by atoms with Gasteiger partial charge in [0.1, 0.15) is 0 Å². The Labute approximate surface area is 96.3 Å². The van der Waals surface area contributed by atoms with Gasteiger partial charge >= 0.3 is 0 Å². The maximum Gasteiger partial charge on any atom is 0.0477 e. The van der Waals surface area contributed by atoms with Crippen LogP contribution >= 0.6 is 0 Å². The molecule has 16 heavy (non-hydrogen) atoms. The van der Waals surface area contributed by atoms with E-state index in [1.807, 2.05) is 0 Å². The molecule has 1 aromatic carbocycles. The predicted molar refractivity (Wildman–Crippen MR) is 67.4 cm³/mol. The van der Waals surface area contributed by atoms with Crippen LogP contribution in [0.4, 0.5) is 0 Å². The largest absolute Gasteiger partial charge is 0.351 e. The zero-order valence-corrected chi connectivity index (χ0v) is 9.90. The second-order valence-electron chi connectivity index (χ2n) is 5.05. The first kappa shape index (κ1) is 9.91. The van der Waals surface area contributed by atoms with E-state index in [2.05, 4.69) is 54.3 Å². The number of aryl methyl sites for hydroxylation is 1. The number of benzene rings is 1. The van der Waals surface area contributed by atoms with Crippen molar-refractivity contribution in [1.82, 2.24) is 9.88 Å². The standard InChI is InChI=1S/C14H18N2/c1-10-7-13(15-9-10)11-3-4-14-12(8-11)5-6-16(14)2/h3-6,8,10,13,15H,7,9H2,1-2H3/t10-,13-/m0/s1. The van der Waals surface area contributed by atoms with Gasteiger partial charge in [0.15, 0.2) is 0 Å². The van der Waals surface area contributed by atoms with Crippen LogP contribution < -0.4 is 5.32 Å². The summed E-state index contributed by atoms with van der Waals surface area (Å²) in [5.41, 5.74) is 2.75. The molecule has 3 rings (SSSR count). The maximum absolute atomic E-state index is 3.59. The van der Waals surface area contributed by atoms with E-state index in [0.717, 1.165) is 12.5 Å². The summed E-state index contributed by atoms with van der Waals surface area (Å²) in [4.78, 5) is 0. The topological polar surface area (TPSA) is 17.0 Å². The molecule has 1 N–H and O–H groups in total. The highest BCUT2D eigenvalue weighted by Gasteiger charge is 2.21.